The summed E-state index contributed by atoms with van der Waals surface area (Å²) in [5, 5.41) is 3.92. The Bertz CT molecular complexity index is 1090. The minimum atomic E-state index is -0.562. The summed E-state index contributed by atoms with van der Waals surface area (Å²) in [5.74, 6) is 0.443. The first-order valence-corrected chi connectivity index (χ1v) is 8.28. The average molecular weight is 361 g/mol. The number of carbonyl (C=O) groups is 1. The molecule has 4 aromatic rings. The van der Waals surface area contributed by atoms with Crippen LogP contribution in [-0.4, -0.2) is 21.1 Å². The number of benzene rings is 2. The van der Waals surface area contributed by atoms with Crippen LogP contribution >= 0.6 is 0 Å². The van der Waals surface area contributed by atoms with Crippen molar-refractivity contribution in [1.82, 2.24) is 15.1 Å². The summed E-state index contributed by atoms with van der Waals surface area (Å²) >= 11 is 0. The standard InChI is InChI=1S/C20H15N3O4/c1-13-6-2-3-7-14(13)20-22-18(27-23-20)12-25-19(24)11-10-17-21-15-8-4-5-9-16(15)26-17/h2-11H,12H2,1H3/b11-10+. The summed E-state index contributed by atoms with van der Waals surface area (Å²) in [4.78, 5) is 20.4. The number of oxazole rings is 1. The molecule has 0 amide bonds. The van der Waals surface area contributed by atoms with Crippen LogP contribution in [0.5, 0.6) is 0 Å². The number of hydrogen-bond acceptors (Lipinski definition) is 7. The zero-order valence-corrected chi connectivity index (χ0v) is 14.5. The lowest BCUT2D eigenvalue weighted by Crippen LogP contribution is -2.01. The number of aromatic nitrogens is 3. The predicted molar refractivity (Wildman–Crippen MR) is 97.3 cm³/mol. The Morgan fingerprint density at radius 1 is 1.11 bits per heavy atom. The first-order chi connectivity index (χ1) is 13.2. The third-order valence-corrected chi connectivity index (χ3v) is 3.86. The number of hydrogen-bond donors (Lipinski definition) is 0. The molecule has 0 spiro atoms. The molecule has 0 unspecified atom stereocenters. The van der Waals surface area contributed by atoms with E-state index in [-0.39, 0.29) is 12.5 Å². The average Bonchev–Trinajstić information content (AvgIpc) is 3.31. The predicted octanol–water partition coefficient (Wildman–Crippen LogP) is 3.94. The van der Waals surface area contributed by atoms with Gasteiger partial charge in [0.25, 0.3) is 5.89 Å². The number of para-hydroxylation sites is 2. The van der Waals surface area contributed by atoms with Gasteiger partial charge in [-0.1, -0.05) is 41.6 Å². The van der Waals surface area contributed by atoms with Crippen LogP contribution < -0.4 is 0 Å². The number of rotatable bonds is 5. The highest BCUT2D eigenvalue weighted by Crippen LogP contribution is 2.20. The summed E-state index contributed by atoms with van der Waals surface area (Å²) in [6.07, 6.45) is 2.69. The van der Waals surface area contributed by atoms with Gasteiger partial charge in [0.1, 0.15) is 5.52 Å². The van der Waals surface area contributed by atoms with Gasteiger partial charge in [-0.2, -0.15) is 4.98 Å². The van der Waals surface area contributed by atoms with Gasteiger partial charge in [-0.05, 0) is 24.6 Å². The molecule has 0 aliphatic rings. The molecule has 0 aliphatic heterocycles. The van der Waals surface area contributed by atoms with Gasteiger partial charge in [-0.3, -0.25) is 0 Å². The van der Waals surface area contributed by atoms with Crippen LogP contribution in [0.15, 0.2) is 63.5 Å². The van der Waals surface area contributed by atoms with Gasteiger partial charge < -0.3 is 13.7 Å². The number of carbonyl (C=O) groups excluding carboxylic acids is 1. The Morgan fingerprint density at radius 2 is 1.93 bits per heavy atom. The molecular weight excluding hydrogens is 346 g/mol. The minimum Gasteiger partial charge on any atom is -0.452 e. The summed E-state index contributed by atoms with van der Waals surface area (Å²) in [6.45, 7) is 1.85. The molecule has 0 aliphatic carbocycles. The van der Waals surface area contributed by atoms with Crippen molar-refractivity contribution >= 4 is 23.1 Å². The summed E-state index contributed by atoms with van der Waals surface area (Å²) in [6, 6.07) is 15.0. The van der Waals surface area contributed by atoms with Gasteiger partial charge in [0.05, 0.1) is 0 Å². The first-order valence-electron chi connectivity index (χ1n) is 8.28. The Morgan fingerprint density at radius 3 is 2.78 bits per heavy atom. The van der Waals surface area contributed by atoms with Crippen molar-refractivity contribution < 1.29 is 18.5 Å². The summed E-state index contributed by atoms with van der Waals surface area (Å²) in [7, 11) is 0. The molecule has 4 rings (SSSR count). The molecule has 0 atom stereocenters. The molecule has 0 saturated heterocycles. The Kier molecular flexibility index (Phi) is 4.49. The highest BCUT2D eigenvalue weighted by Gasteiger charge is 2.12. The van der Waals surface area contributed by atoms with Crippen molar-refractivity contribution in [2.75, 3.05) is 0 Å². The van der Waals surface area contributed by atoms with E-state index in [1.165, 1.54) is 12.2 Å². The SMILES string of the molecule is Cc1ccccc1-c1noc(COC(=O)/C=C/c2nc3ccccc3o2)n1. The lowest BCUT2D eigenvalue weighted by Gasteiger charge is -1.98. The number of nitrogens with zero attached hydrogens (tertiary/aromatic N) is 3. The summed E-state index contributed by atoms with van der Waals surface area (Å²) < 4.78 is 15.7. The van der Waals surface area contributed by atoms with E-state index in [0.717, 1.165) is 16.6 Å². The highest BCUT2D eigenvalue weighted by molar-refractivity contribution is 5.86. The minimum absolute atomic E-state index is 0.115. The van der Waals surface area contributed by atoms with Gasteiger partial charge in [0.2, 0.25) is 11.7 Å². The molecule has 27 heavy (non-hydrogen) atoms. The van der Waals surface area contributed by atoms with Crippen LogP contribution in [0.3, 0.4) is 0 Å². The molecule has 134 valence electrons. The second kappa shape index (κ2) is 7.25. The molecule has 2 aromatic carbocycles. The van der Waals surface area contributed by atoms with Gasteiger partial charge in [-0.25, -0.2) is 9.78 Å². The van der Waals surface area contributed by atoms with Crippen LogP contribution in [0, 0.1) is 6.92 Å². The van der Waals surface area contributed by atoms with Gasteiger partial charge in [0, 0.05) is 17.7 Å². The smallest absolute Gasteiger partial charge is 0.331 e. The molecule has 2 aromatic heterocycles. The van der Waals surface area contributed by atoms with Crippen LogP contribution in [0.25, 0.3) is 28.6 Å². The van der Waals surface area contributed by atoms with E-state index in [1.54, 1.807) is 6.07 Å². The van der Waals surface area contributed by atoms with Crippen LogP contribution in [0.2, 0.25) is 0 Å². The maximum atomic E-state index is 11.9. The monoisotopic (exact) mass is 361 g/mol. The third kappa shape index (κ3) is 3.77. The topological polar surface area (TPSA) is 91.2 Å². The second-order valence-electron chi connectivity index (χ2n) is 5.79. The Hall–Kier alpha value is -3.74. The molecule has 0 bridgehead atoms. The number of fused-ring (bicyclic) bond motifs is 1. The largest absolute Gasteiger partial charge is 0.452 e. The van der Waals surface area contributed by atoms with E-state index in [9.17, 15) is 4.79 Å². The molecule has 0 saturated carbocycles. The normalized spacial score (nSPS) is 11.3. The highest BCUT2D eigenvalue weighted by atomic mass is 16.6. The number of esters is 1. The van der Waals surface area contributed by atoms with Crippen molar-refractivity contribution in [2.24, 2.45) is 0 Å². The number of aryl methyl sites for hydroxylation is 1. The van der Waals surface area contributed by atoms with Crippen molar-refractivity contribution in [3.05, 3.63) is 72.0 Å². The second-order valence-corrected chi connectivity index (χ2v) is 5.79. The van der Waals surface area contributed by atoms with E-state index < -0.39 is 5.97 Å². The maximum Gasteiger partial charge on any atom is 0.331 e. The van der Waals surface area contributed by atoms with E-state index in [1.807, 2.05) is 49.4 Å². The molecule has 7 nitrogen and oxygen atoms in total. The van der Waals surface area contributed by atoms with Crippen LogP contribution in [0.1, 0.15) is 17.3 Å². The van der Waals surface area contributed by atoms with Gasteiger partial charge in [0.15, 0.2) is 12.2 Å². The third-order valence-electron chi connectivity index (χ3n) is 3.86. The van der Waals surface area contributed by atoms with Crippen molar-refractivity contribution in [3.63, 3.8) is 0 Å². The van der Waals surface area contributed by atoms with E-state index >= 15 is 0 Å². The van der Waals surface area contributed by atoms with Gasteiger partial charge in [-0.15, -0.1) is 0 Å². The van der Waals surface area contributed by atoms with E-state index in [4.69, 9.17) is 13.7 Å². The van der Waals surface area contributed by atoms with E-state index in [2.05, 4.69) is 15.1 Å². The Balaban J connectivity index is 1.37. The molecule has 0 radical (unpaired) electrons. The number of ether oxygens (including phenoxy) is 1. The fraction of sp³-hybridized carbons (Fsp3) is 0.100. The lowest BCUT2D eigenvalue weighted by molar-refractivity contribution is -0.139. The molecular formula is C20H15N3O4. The first kappa shape index (κ1) is 16.7. The zero-order chi connectivity index (χ0) is 18.6. The lowest BCUT2D eigenvalue weighted by atomic mass is 10.1. The van der Waals surface area contributed by atoms with Crippen LogP contribution in [0.4, 0.5) is 0 Å². The van der Waals surface area contributed by atoms with Crippen molar-refractivity contribution in [3.8, 4) is 11.4 Å². The maximum absolute atomic E-state index is 11.9. The summed E-state index contributed by atoms with van der Waals surface area (Å²) in [5.41, 5.74) is 3.28. The zero-order valence-electron chi connectivity index (χ0n) is 14.5. The molecule has 0 fully saturated rings. The molecule has 7 heteroatoms. The van der Waals surface area contributed by atoms with Crippen molar-refractivity contribution in [1.29, 1.82) is 0 Å². The van der Waals surface area contributed by atoms with Crippen LogP contribution in [-0.2, 0) is 16.1 Å². The fourth-order valence-corrected chi connectivity index (χ4v) is 2.53. The Labute approximate surface area is 154 Å². The quantitative estimate of drug-likeness (QED) is 0.393. The van der Waals surface area contributed by atoms with Gasteiger partial charge >= 0.3 is 5.97 Å². The van der Waals surface area contributed by atoms with E-state index in [0.29, 0.717) is 17.3 Å². The fourth-order valence-electron chi connectivity index (χ4n) is 2.53. The van der Waals surface area contributed by atoms with Crippen molar-refractivity contribution in [2.45, 2.75) is 13.5 Å². The molecule has 2 heterocycles. The molecule has 0 N–H and O–H groups in total.